The van der Waals surface area contributed by atoms with Crippen molar-refractivity contribution in [1.29, 1.82) is 0 Å². The zero-order chi connectivity index (χ0) is 40.5. The molecule has 11 nitrogen and oxygen atoms in total. The number of nitrogens with zero attached hydrogens (tertiary/aromatic N) is 4. The first kappa shape index (κ1) is 36.2. The van der Waals surface area contributed by atoms with Gasteiger partial charge in [0.2, 0.25) is 23.6 Å². The zero-order valence-electron chi connectivity index (χ0n) is 31.5. The molecule has 0 radical (unpaired) electrons. The summed E-state index contributed by atoms with van der Waals surface area (Å²) in [5.74, 6) is -6.84. The van der Waals surface area contributed by atoms with Crippen molar-refractivity contribution in [2.75, 3.05) is 9.80 Å². The van der Waals surface area contributed by atoms with Gasteiger partial charge in [-0.2, -0.15) is 5.10 Å². The lowest BCUT2D eigenvalue weighted by Crippen LogP contribution is -2.49. The first-order valence-electron chi connectivity index (χ1n) is 19.0. The summed E-state index contributed by atoms with van der Waals surface area (Å²) >= 11 is 7.88. The summed E-state index contributed by atoms with van der Waals surface area (Å²) in [7, 11) is 1.70. The van der Waals surface area contributed by atoms with Crippen LogP contribution in [0, 0.1) is 36.0 Å². The second kappa shape index (κ2) is 12.7. The molecule has 4 heterocycles. The normalized spacial score (nSPS) is 25.4. The lowest BCUT2D eigenvalue weighted by Gasteiger charge is -2.49. The number of phenols is 1. The fourth-order valence-corrected chi connectivity index (χ4v) is 11.7. The number of carboxylic acid groups (broad SMARTS) is 1. The minimum absolute atomic E-state index is 0.0462. The number of aromatic carboxylic acids is 1. The van der Waals surface area contributed by atoms with Gasteiger partial charge in [-0.1, -0.05) is 59.6 Å². The van der Waals surface area contributed by atoms with Gasteiger partial charge in [0.15, 0.2) is 0 Å². The van der Waals surface area contributed by atoms with Gasteiger partial charge < -0.3 is 10.2 Å². The number of hydrogen-bond acceptors (Lipinski definition) is 8. The van der Waals surface area contributed by atoms with Crippen molar-refractivity contribution in [3.8, 4) is 16.3 Å². The number of carboxylic acids is 1. The van der Waals surface area contributed by atoms with Crippen LogP contribution in [-0.4, -0.2) is 49.6 Å². The average molecular weight is 811 g/mol. The highest BCUT2D eigenvalue weighted by Crippen LogP contribution is 2.65. The monoisotopic (exact) mass is 810 g/mol. The second-order valence-electron chi connectivity index (χ2n) is 16.0. The van der Waals surface area contributed by atoms with Crippen LogP contribution in [0.3, 0.4) is 0 Å². The van der Waals surface area contributed by atoms with Gasteiger partial charge in [0.25, 0.3) is 0 Å². The largest absolute Gasteiger partial charge is 0.508 e. The number of aromatic nitrogens is 2. The smallest absolute Gasteiger partial charge is 0.335 e. The molecule has 290 valence electrons. The number of carbonyl (C=O) groups is 5. The van der Waals surface area contributed by atoms with E-state index in [1.165, 1.54) is 33.8 Å². The highest BCUT2D eigenvalue weighted by Gasteiger charge is 2.68. The fourth-order valence-electron chi connectivity index (χ4n) is 10.4. The maximum atomic E-state index is 15.4. The van der Waals surface area contributed by atoms with Crippen molar-refractivity contribution in [2.24, 2.45) is 36.1 Å². The van der Waals surface area contributed by atoms with Crippen LogP contribution in [0.15, 0.2) is 96.6 Å². The van der Waals surface area contributed by atoms with Crippen molar-refractivity contribution in [3.05, 3.63) is 118 Å². The summed E-state index contributed by atoms with van der Waals surface area (Å²) in [6.07, 6.45) is 2.23. The number of hydrogen-bond donors (Lipinski definition) is 2. The van der Waals surface area contributed by atoms with E-state index in [9.17, 15) is 24.6 Å². The number of carbonyl (C=O) groups excluding carboxylic acids is 4. The molecule has 2 aliphatic carbocycles. The molecule has 4 amide bonds. The van der Waals surface area contributed by atoms with Gasteiger partial charge in [-0.3, -0.25) is 28.8 Å². The number of thiophene rings is 1. The minimum Gasteiger partial charge on any atom is -0.508 e. The Balaban J connectivity index is 1.12. The second-order valence-corrected chi connectivity index (χ2v) is 17.4. The SMILES string of the molecule is Cc1c(-c2cc(N3C(=O)[C@@H]4C[C@@H]5C(=CC[C@@H]6C(=O)N(c7cccc(C(=O)O)c7)C(=O)[C@@H]65)[C@H](c5c(O)ccc6ccccc56)[C@]4(C)C3=O)n(C)n2)sc2ccc(Cl)cc12. The van der Waals surface area contributed by atoms with Gasteiger partial charge in [0, 0.05) is 34.3 Å². The van der Waals surface area contributed by atoms with E-state index < -0.39 is 64.6 Å². The van der Waals surface area contributed by atoms with E-state index in [-0.39, 0.29) is 29.8 Å². The molecule has 0 bridgehead atoms. The van der Waals surface area contributed by atoms with Crippen LogP contribution < -0.4 is 9.80 Å². The van der Waals surface area contributed by atoms with Crippen LogP contribution in [-0.2, 0) is 26.2 Å². The van der Waals surface area contributed by atoms with E-state index in [0.29, 0.717) is 27.5 Å². The Hall–Kier alpha value is -6.11. The molecule has 2 aromatic heterocycles. The Labute approximate surface area is 340 Å². The van der Waals surface area contributed by atoms with Gasteiger partial charge in [-0.15, -0.1) is 11.3 Å². The van der Waals surface area contributed by atoms with Crippen LogP contribution >= 0.6 is 22.9 Å². The molecule has 6 aromatic rings. The molecule has 4 aromatic carbocycles. The summed E-state index contributed by atoms with van der Waals surface area (Å²) in [4.78, 5) is 74.2. The summed E-state index contributed by atoms with van der Waals surface area (Å²) in [6, 6.07) is 24.1. The highest BCUT2D eigenvalue weighted by molar-refractivity contribution is 7.22. The average Bonchev–Trinajstić information content (AvgIpc) is 3.88. The molecule has 2 aliphatic heterocycles. The molecule has 0 spiro atoms. The number of amides is 4. The lowest BCUT2D eigenvalue weighted by molar-refractivity contribution is -0.131. The zero-order valence-corrected chi connectivity index (χ0v) is 33.0. The van der Waals surface area contributed by atoms with Gasteiger partial charge in [0.1, 0.15) is 17.3 Å². The summed E-state index contributed by atoms with van der Waals surface area (Å²) in [5.41, 5.74) is 1.47. The number of phenolic OH excluding ortho intramolecular Hbond substituents is 1. The van der Waals surface area contributed by atoms with Crippen LogP contribution in [0.4, 0.5) is 11.5 Å². The lowest BCUT2D eigenvalue weighted by atomic mass is 9.51. The number of rotatable bonds is 5. The number of fused-ring (bicyclic) bond motifs is 6. The van der Waals surface area contributed by atoms with E-state index in [4.69, 9.17) is 16.7 Å². The summed E-state index contributed by atoms with van der Waals surface area (Å²) in [6.45, 7) is 3.78. The number of benzene rings is 4. The minimum atomic E-state index is -1.41. The molecule has 6 atom stereocenters. The van der Waals surface area contributed by atoms with E-state index in [0.717, 1.165) is 36.4 Å². The van der Waals surface area contributed by atoms with Gasteiger partial charge >= 0.3 is 5.97 Å². The molecule has 0 unspecified atom stereocenters. The molecule has 2 N–H and O–H groups in total. The molecule has 13 heteroatoms. The molecule has 10 rings (SSSR count). The molecular weight excluding hydrogens is 776 g/mol. The van der Waals surface area contributed by atoms with Crippen LogP contribution in [0.1, 0.15) is 47.2 Å². The summed E-state index contributed by atoms with van der Waals surface area (Å²) in [5, 5.41) is 29.4. The Morgan fingerprint density at radius 1 is 0.897 bits per heavy atom. The quantitative estimate of drug-likeness (QED) is 0.131. The number of anilines is 2. The standard InChI is InChI=1S/C45H35ClN4O7S/c1-21-29-18-24(46)12-16-34(29)58-39(21)32-20-35(48(3)47-32)50-41(53)31-19-30-27(38(45(31,2)44(50)57)37-26-10-5-4-7-22(26)11-15-33(37)51)13-14-28-36(30)42(54)49(40(28)52)25-9-6-8-23(17-25)43(55)56/h4-13,15-18,20,28,30-31,36,38,51H,14,19H2,1-3H3,(H,55,56)/t28-,30+,31-,36-,38+,45+/m0/s1. The van der Waals surface area contributed by atoms with Gasteiger partial charge in [-0.05, 0) is 96.8 Å². The Kier molecular flexibility index (Phi) is 7.93. The Morgan fingerprint density at radius 3 is 2.48 bits per heavy atom. The van der Waals surface area contributed by atoms with Crippen molar-refractivity contribution < 1.29 is 34.2 Å². The number of allylic oxidation sites excluding steroid dienone is 2. The fraction of sp³-hybridized carbons (Fsp3) is 0.244. The highest BCUT2D eigenvalue weighted by atomic mass is 35.5. The predicted octanol–water partition coefficient (Wildman–Crippen LogP) is 8.26. The van der Waals surface area contributed by atoms with Crippen LogP contribution in [0.25, 0.3) is 31.4 Å². The topological polar surface area (TPSA) is 150 Å². The Bertz CT molecular complexity index is 2900. The third kappa shape index (κ3) is 4.91. The third-order valence-electron chi connectivity index (χ3n) is 13.1. The maximum absolute atomic E-state index is 15.4. The number of aromatic hydroxyl groups is 1. The molecule has 2 saturated heterocycles. The van der Waals surface area contributed by atoms with Gasteiger partial charge in [-0.25, -0.2) is 9.69 Å². The molecule has 1 saturated carbocycles. The van der Waals surface area contributed by atoms with Crippen molar-refractivity contribution in [2.45, 2.75) is 32.6 Å². The maximum Gasteiger partial charge on any atom is 0.335 e. The number of aryl methyl sites for hydroxylation is 2. The third-order valence-corrected chi connectivity index (χ3v) is 14.6. The van der Waals surface area contributed by atoms with E-state index >= 15 is 9.59 Å². The van der Waals surface area contributed by atoms with Crippen LogP contribution in [0.5, 0.6) is 5.75 Å². The molecular formula is C45H35ClN4O7S. The predicted molar refractivity (Wildman–Crippen MR) is 220 cm³/mol. The number of imide groups is 2. The molecule has 4 aliphatic rings. The van der Waals surface area contributed by atoms with Crippen molar-refractivity contribution in [1.82, 2.24) is 9.78 Å². The van der Waals surface area contributed by atoms with Gasteiger partial charge in [0.05, 0.1) is 39.3 Å². The first-order valence-corrected chi connectivity index (χ1v) is 20.2. The van der Waals surface area contributed by atoms with E-state index in [2.05, 4.69) is 0 Å². The summed E-state index contributed by atoms with van der Waals surface area (Å²) < 4.78 is 2.56. The van der Waals surface area contributed by atoms with Crippen LogP contribution in [0.2, 0.25) is 5.02 Å². The Morgan fingerprint density at radius 2 is 1.69 bits per heavy atom. The number of halogens is 1. The van der Waals surface area contributed by atoms with Crippen molar-refractivity contribution >= 4 is 84.9 Å². The van der Waals surface area contributed by atoms with Crippen molar-refractivity contribution in [3.63, 3.8) is 0 Å². The molecule has 3 fully saturated rings. The van der Waals surface area contributed by atoms with E-state index in [1.807, 2.05) is 55.5 Å². The first-order chi connectivity index (χ1) is 27.8. The molecule has 58 heavy (non-hydrogen) atoms. The van der Waals surface area contributed by atoms with E-state index in [1.54, 1.807) is 43.5 Å².